The Morgan fingerprint density at radius 3 is 2.67 bits per heavy atom. The van der Waals surface area contributed by atoms with Gasteiger partial charge in [0, 0.05) is 28.8 Å². The molecule has 3 aliphatic heterocycles. The summed E-state index contributed by atoms with van der Waals surface area (Å²) in [5.74, 6) is 2.89. The van der Waals surface area contributed by atoms with Gasteiger partial charge in [0.1, 0.15) is 5.75 Å². The predicted octanol–water partition coefficient (Wildman–Crippen LogP) is 5.23. The number of fused-ring (bicyclic) bond motifs is 4. The van der Waals surface area contributed by atoms with Crippen LogP contribution in [0.3, 0.4) is 0 Å². The largest absolute Gasteiger partial charge is 0.493 e. The first-order valence-electron chi connectivity index (χ1n) is 10.2. The Labute approximate surface area is 178 Å². The van der Waals surface area contributed by atoms with Crippen molar-refractivity contribution in [1.29, 1.82) is 0 Å². The molecule has 1 aromatic heterocycles. The summed E-state index contributed by atoms with van der Waals surface area (Å²) >= 11 is 5.00. The number of piperidine rings is 1. The molecule has 2 N–H and O–H groups in total. The normalized spacial score (nSPS) is 21.8. The number of nitrogens with zero attached hydrogens (tertiary/aromatic N) is 1. The summed E-state index contributed by atoms with van der Waals surface area (Å²) in [7, 11) is 1.68. The molecule has 0 aliphatic carbocycles. The second kappa shape index (κ2) is 6.82. The molecule has 6 rings (SSSR count). The Morgan fingerprint density at radius 1 is 1.10 bits per heavy atom. The molecule has 0 radical (unpaired) electrons. The van der Waals surface area contributed by atoms with E-state index < -0.39 is 0 Å². The topological polar surface area (TPSA) is 72.3 Å². The molecule has 3 aliphatic rings. The average Bonchev–Trinajstić information content (AvgIpc) is 3.35. The summed E-state index contributed by atoms with van der Waals surface area (Å²) in [6.07, 6.45) is 4.64. The molecule has 4 heterocycles. The van der Waals surface area contributed by atoms with Crippen molar-refractivity contribution in [3.63, 3.8) is 0 Å². The number of ether oxygens (including phenoxy) is 2. The van der Waals surface area contributed by atoms with E-state index in [0.717, 1.165) is 46.8 Å². The molecule has 3 aromatic rings. The predicted molar refractivity (Wildman–Crippen MR) is 115 cm³/mol. The summed E-state index contributed by atoms with van der Waals surface area (Å²) in [5, 5.41) is 6.51. The maximum Gasteiger partial charge on any atom is 0.314 e. The molecule has 30 heavy (non-hydrogen) atoms. The van der Waals surface area contributed by atoms with Gasteiger partial charge < -0.3 is 19.3 Å². The van der Waals surface area contributed by atoms with E-state index >= 15 is 0 Å². The number of hydrogen-bond acceptors (Lipinski definition) is 6. The molecule has 2 fully saturated rings. The Kier molecular flexibility index (Phi) is 4.07. The number of para-hydroxylation sites is 1. The number of aromatic amines is 1. The van der Waals surface area contributed by atoms with Crippen molar-refractivity contribution in [2.45, 2.75) is 37.8 Å². The third-order valence-corrected chi connectivity index (χ3v) is 6.49. The fourth-order valence-corrected chi connectivity index (χ4v) is 5.17. The van der Waals surface area contributed by atoms with E-state index in [0.29, 0.717) is 17.9 Å². The number of rotatable bonds is 2. The van der Waals surface area contributed by atoms with E-state index in [4.69, 9.17) is 26.2 Å². The molecule has 7 heteroatoms. The highest BCUT2D eigenvalue weighted by molar-refractivity contribution is 7.71. The molecular weight excluding hydrogens is 398 g/mol. The summed E-state index contributed by atoms with van der Waals surface area (Å²) in [4.78, 5) is 4.42. The van der Waals surface area contributed by atoms with Crippen molar-refractivity contribution in [2.24, 2.45) is 0 Å². The first-order valence-corrected chi connectivity index (χ1v) is 10.6. The highest BCUT2D eigenvalue weighted by Gasteiger charge is 2.35. The fourth-order valence-electron chi connectivity index (χ4n) is 5.03. The summed E-state index contributed by atoms with van der Waals surface area (Å²) in [6.45, 7) is 0. The van der Waals surface area contributed by atoms with Crippen molar-refractivity contribution >= 4 is 17.8 Å². The molecule has 2 bridgehead atoms. The van der Waals surface area contributed by atoms with E-state index in [9.17, 15) is 0 Å². The molecule has 2 aromatic carbocycles. The lowest BCUT2D eigenvalue weighted by Crippen LogP contribution is -2.35. The number of methoxy groups -OCH3 is 1. The second-order valence-corrected chi connectivity index (χ2v) is 8.45. The third-order valence-electron chi connectivity index (χ3n) is 6.32. The van der Waals surface area contributed by atoms with Crippen LogP contribution in [0.2, 0.25) is 0 Å². The zero-order valence-electron chi connectivity index (χ0n) is 16.5. The average molecular weight is 420 g/mol. The maximum atomic E-state index is 6.39. The van der Waals surface area contributed by atoms with E-state index in [-0.39, 0.29) is 4.84 Å². The van der Waals surface area contributed by atoms with Gasteiger partial charge in [-0.1, -0.05) is 23.8 Å². The van der Waals surface area contributed by atoms with Gasteiger partial charge in [0.25, 0.3) is 0 Å². The van der Waals surface area contributed by atoms with Gasteiger partial charge in [-0.15, -0.1) is 0 Å². The first-order chi connectivity index (χ1) is 14.7. The van der Waals surface area contributed by atoms with Gasteiger partial charge in [-0.25, -0.2) is 5.16 Å². The highest BCUT2D eigenvalue weighted by atomic mass is 32.1. The lowest BCUT2D eigenvalue weighted by molar-refractivity contribution is 0.376. The zero-order chi connectivity index (χ0) is 20.2. The van der Waals surface area contributed by atoms with Gasteiger partial charge in [-0.3, -0.25) is 0 Å². The van der Waals surface area contributed by atoms with Gasteiger partial charge in [-0.05, 0) is 61.7 Å². The van der Waals surface area contributed by atoms with Crippen LogP contribution >= 0.6 is 12.2 Å². The van der Waals surface area contributed by atoms with E-state index in [1.165, 1.54) is 24.0 Å². The van der Waals surface area contributed by atoms with Crippen LogP contribution in [0.15, 0.2) is 46.5 Å². The second-order valence-electron chi connectivity index (χ2n) is 8.11. The minimum Gasteiger partial charge on any atom is -0.493 e. The lowest BCUT2D eigenvalue weighted by Gasteiger charge is -2.31. The fraction of sp³-hybridized carbons (Fsp3) is 0.304. The van der Waals surface area contributed by atoms with Crippen LogP contribution in [0.1, 0.15) is 36.8 Å². The zero-order valence-corrected chi connectivity index (χ0v) is 17.3. The quantitative estimate of drug-likeness (QED) is 0.434. The number of H-pyrrole nitrogens is 1. The number of benzene rings is 2. The van der Waals surface area contributed by atoms with Crippen LogP contribution in [-0.4, -0.2) is 29.3 Å². The molecule has 6 nitrogen and oxygen atoms in total. The SMILES string of the molecule is COc1cccc2c1Oc1cc(-c3nc(=S)o[nH]3)ccc1C2=C1CC2CCC(C1)N2. The van der Waals surface area contributed by atoms with Gasteiger partial charge in [0.05, 0.1) is 7.11 Å². The molecule has 152 valence electrons. The number of nitrogens with one attached hydrogen (secondary N) is 2. The third kappa shape index (κ3) is 2.80. The minimum atomic E-state index is 0.184. The molecule has 0 saturated carbocycles. The van der Waals surface area contributed by atoms with Gasteiger partial charge in [0.15, 0.2) is 17.3 Å². The van der Waals surface area contributed by atoms with Crippen molar-refractivity contribution < 1.29 is 14.0 Å². The Balaban J connectivity index is 1.56. The maximum absolute atomic E-state index is 6.39. The van der Waals surface area contributed by atoms with E-state index in [1.807, 2.05) is 24.3 Å². The van der Waals surface area contributed by atoms with Crippen LogP contribution in [0.4, 0.5) is 0 Å². The molecule has 2 saturated heterocycles. The number of aromatic nitrogens is 2. The monoisotopic (exact) mass is 419 g/mol. The number of hydrogen-bond donors (Lipinski definition) is 2. The van der Waals surface area contributed by atoms with E-state index in [2.05, 4.69) is 27.6 Å². The van der Waals surface area contributed by atoms with Crippen LogP contribution in [-0.2, 0) is 0 Å². The molecule has 0 spiro atoms. The Morgan fingerprint density at radius 2 is 1.93 bits per heavy atom. The minimum absolute atomic E-state index is 0.184. The first kappa shape index (κ1) is 17.9. The van der Waals surface area contributed by atoms with E-state index in [1.54, 1.807) is 7.11 Å². The van der Waals surface area contributed by atoms with Gasteiger partial charge in [-0.2, -0.15) is 4.98 Å². The summed E-state index contributed by atoms with van der Waals surface area (Å²) in [5.41, 5.74) is 5.85. The van der Waals surface area contributed by atoms with Crippen molar-refractivity contribution in [2.75, 3.05) is 7.11 Å². The van der Waals surface area contributed by atoms with Crippen molar-refractivity contribution in [1.82, 2.24) is 15.5 Å². The highest BCUT2D eigenvalue weighted by Crippen LogP contribution is 2.51. The smallest absolute Gasteiger partial charge is 0.314 e. The molecular formula is C23H21N3O3S. The Hall–Kier alpha value is -2.90. The summed E-state index contributed by atoms with van der Waals surface area (Å²) < 4.78 is 17.1. The van der Waals surface area contributed by atoms with Crippen LogP contribution in [0.5, 0.6) is 17.2 Å². The molecule has 2 atom stereocenters. The van der Waals surface area contributed by atoms with Crippen molar-refractivity contribution in [3.05, 3.63) is 57.9 Å². The lowest BCUT2D eigenvalue weighted by atomic mass is 9.84. The van der Waals surface area contributed by atoms with Crippen LogP contribution < -0.4 is 14.8 Å². The standard InChI is InChI=1S/C23H21N3O3S/c1-27-18-4-2-3-17-20(13-9-14-6-7-15(10-13)24-14)16-8-5-12(11-19(16)28-21(17)18)22-25-23(30)29-26-22/h2-5,8,11,14-15,24H,6-7,9-10H2,1H3,(H,25,26,30). The van der Waals surface area contributed by atoms with Crippen LogP contribution in [0.25, 0.3) is 17.0 Å². The molecule has 0 amide bonds. The van der Waals surface area contributed by atoms with Crippen LogP contribution in [0, 0.1) is 4.84 Å². The van der Waals surface area contributed by atoms with Gasteiger partial charge >= 0.3 is 4.84 Å². The summed E-state index contributed by atoms with van der Waals surface area (Å²) in [6, 6.07) is 13.4. The molecule has 2 unspecified atom stereocenters. The Bertz CT molecular complexity index is 1230. The van der Waals surface area contributed by atoms with Gasteiger partial charge in [0.2, 0.25) is 0 Å². The van der Waals surface area contributed by atoms with Crippen molar-refractivity contribution in [3.8, 4) is 28.6 Å².